The summed E-state index contributed by atoms with van der Waals surface area (Å²) in [4.78, 5) is 2.16. The number of rotatable bonds is 1. The molecule has 5 aliphatic rings. The van der Waals surface area contributed by atoms with E-state index in [1.165, 1.54) is 50.3 Å². The van der Waals surface area contributed by atoms with Gasteiger partial charge in [0.05, 0.1) is 0 Å². The summed E-state index contributed by atoms with van der Waals surface area (Å²) in [6, 6.07) is 4.09. The number of hydrogen-bond acceptors (Lipinski definition) is 5. The lowest BCUT2D eigenvalue weighted by molar-refractivity contribution is -0.0605. The minimum Gasteiger partial charge on any atom is -0.385 e. The highest BCUT2D eigenvalue weighted by Crippen LogP contribution is 2.60. The molecule has 0 aromatic rings. The molecule has 0 atom stereocenters. The molecule has 108 valence electrons. The molecule has 21 heavy (non-hydrogen) atoms. The Balaban J connectivity index is 1.78. The van der Waals surface area contributed by atoms with Crippen molar-refractivity contribution in [3.05, 3.63) is 21.8 Å². The van der Waals surface area contributed by atoms with Crippen LogP contribution in [-0.2, 0) is 0 Å². The summed E-state index contributed by atoms with van der Waals surface area (Å²) >= 11 is 1.44. The molecule has 2 N–H and O–H groups in total. The lowest BCUT2D eigenvalue weighted by Crippen LogP contribution is -2.59. The minimum absolute atomic E-state index is 0.0626. The van der Waals surface area contributed by atoms with Crippen molar-refractivity contribution in [1.82, 2.24) is 4.90 Å². The molecular formula is C16H18N4S. The molecule has 5 heteroatoms. The van der Waals surface area contributed by atoms with Crippen molar-refractivity contribution in [3.63, 3.8) is 0 Å². The van der Waals surface area contributed by atoms with Crippen LogP contribution in [0.15, 0.2) is 21.8 Å². The van der Waals surface area contributed by atoms with E-state index in [1.54, 1.807) is 0 Å². The van der Waals surface area contributed by atoms with Crippen molar-refractivity contribution >= 4 is 11.8 Å². The van der Waals surface area contributed by atoms with E-state index in [0.717, 1.165) is 28.6 Å². The Morgan fingerprint density at radius 3 is 2.14 bits per heavy atom. The molecule has 0 aromatic heterocycles. The highest BCUT2D eigenvalue weighted by Gasteiger charge is 2.55. The van der Waals surface area contributed by atoms with E-state index in [9.17, 15) is 10.5 Å². The molecule has 0 aromatic carbocycles. The van der Waals surface area contributed by atoms with Gasteiger partial charge in [0.2, 0.25) is 0 Å². The Kier molecular flexibility index (Phi) is 2.78. The van der Waals surface area contributed by atoms with E-state index in [2.05, 4.69) is 4.90 Å². The van der Waals surface area contributed by atoms with E-state index in [1.807, 2.05) is 17.5 Å². The summed E-state index contributed by atoms with van der Waals surface area (Å²) in [5.74, 6) is 3.15. The van der Waals surface area contributed by atoms with Crippen LogP contribution in [0.4, 0.5) is 0 Å². The third kappa shape index (κ3) is 1.80. The Hall–Kier alpha value is -1.59. The maximum atomic E-state index is 9.24. The lowest BCUT2D eigenvalue weighted by Gasteiger charge is -2.60. The van der Waals surface area contributed by atoms with Gasteiger partial charge in [-0.15, -0.1) is 0 Å². The van der Waals surface area contributed by atoms with Crippen molar-refractivity contribution in [2.45, 2.75) is 44.1 Å². The molecule has 4 aliphatic carbocycles. The monoisotopic (exact) mass is 298 g/mol. The first-order valence-electron chi connectivity index (χ1n) is 7.62. The van der Waals surface area contributed by atoms with Crippen molar-refractivity contribution in [1.29, 1.82) is 10.5 Å². The summed E-state index contributed by atoms with van der Waals surface area (Å²) < 4.78 is 0. The predicted molar refractivity (Wildman–Crippen MR) is 80.9 cm³/mol. The maximum Gasteiger partial charge on any atom is 0.160 e. The summed E-state index contributed by atoms with van der Waals surface area (Å²) in [5.41, 5.74) is 6.52. The van der Waals surface area contributed by atoms with Crippen LogP contribution in [0.5, 0.6) is 0 Å². The van der Waals surface area contributed by atoms with Crippen LogP contribution in [-0.4, -0.2) is 10.4 Å². The molecule has 0 unspecified atom stereocenters. The maximum absolute atomic E-state index is 9.24. The Morgan fingerprint density at radius 1 is 1.14 bits per heavy atom. The van der Waals surface area contributed by atoms with Gasteiger partial charge in [-0.3, -0.25) is 0 Å². The van der Waals surface area contributed by atoms with Crippen molar-refractivity contribution in [3.8, 4) is 12.1 Å². The van der Waals surface area contributed by atoms with Gasteiger partial charge in [-0.25, -0.2) is 0 Å². The molecule has 1 heterocycles. The second-order valence-corrected chi connectivity index (χ2v) is 7.90. The van der Waals surface area contributed by atoms with Gasteiger partial charge in [0, 0.05) is 10.9 Å². The zero-order valence-electron chi connectivity index (χ0n) is 11.9. The molecule has 5 rings (SSSR count). The van der Waals surface area contributed by atoms with Crippen LogP contribution in [0.3, 0.4) is 0 Å². The minimum atomic E-state index is 0.0626. The van der Waals surface area contributed by atoms with E-state index in [0.29, 0.717) is 0 Å². The van der Waals surface area contributed by atoms with Gasteiger partial charge in [0.15, 0.2) is 5.57 Å². The van der Waals surface area contributed by atoms with Crippen LogP contribution in [0, 0.1) is 40.4 Å². The molecule has 4 nitrogen and oxygen atoms in total. The molecule has 1 aliphatic heterocycles. The Morgan fingerprint density at radius 2 is 1.67 bits per heavy atom. The van der Waals surface area contributed by atoms with Crippen LogP contribution in [0.1, 0.15) is 38.5 Å². The van der Waals surface area contributed by atoms with Crippen LogP contribution in [0.2, 0.25) is 0 Å². The summed E-state index contributed by atoms with van der Waals surface area (Å²) in [7, 11) is 0. The molecular weight excluding hydrogens is 280 g/mol. The number of hydrogen-bond donors (Lipinski definition) is 1. The third-order valence-electron chi connectivity index (χ3n) is 5.67. The zero-order valence-corrected chi connectivity index (χ0v) is 12.7. The lowest BCUT2D eigenvalue weighted by atomic mass is 9.52. The normalized spacial score (nSPS) is 39.9. The quantitative estimate of drug-likeness (QED) is 0.753. The first kappa shape index (κ1) is 13.1. The average Bonchev–Trinajstić information content (AvgIpc) is 2.81. The molecule has 0 spiro atoms. The highest BCUT2D eigenvalue weighted by atomic mass is 32.2. The first-order valence-corrected chi connectivity index (χ1v) is 8.50. The van der Waals surface area contributed by atoms with Gasteiger partial charge >= 0.3 is 0 Å². The first-order chi connectivity index (χ1) is 10.1. The van der Waals surface area contributed by atoms with Gasteiger partial charge in [-0.05, 0) is 56.3 Å². The fourth-order valence-electron chi connectivity index (χ4n) is 5.46. The number of thioether (sulfide) groups is 1. The van der Waals surface area contributed by atoms with E-state index < -0.39 is 0 Å². The van der Waals surface area contributed by atoms with E-state index in [4.69, 9.17) is 5.73 Å². The third-order valence-corrected chi connectivity index (χ3v) is 6.64. The number of nitrogens with two attached hydrogens (primary N) is 1. The van der Waals surface area contributed by atoms with Crippen molar-refractivity contribution in [2.24, 2.45) is 23.5 Å². The summed E-state index contributed by atoms with van der Waals surface area (Å²) in [5, 5.41) is 21.1. The Labute approximate surface area is 129 Å². The van der Waals surface area contributed by atoms with Crippen LogP contribution in [0.25, 0.3) is 0 Å². The molecule has 0 radical (unpaired) electrons. The van der Waals surface area contributed by atoms with Crippen LogP contribution < -0.4 is 5.73 Å². The molecule has 0 amide bonds. The molecule has 0 saturated heterocycles. The van der Waals surface area contributed by atoms with Gasteiger partial charge in [-0.2, -0.15) is 10.5 Å². The molecule has 4 saturated carbocycles. The second-order valence-electron chi connectivity index (χ2n) is 7.04. The van der Waals surface area contributed by atoms with E-state index in [-0.39, 0.29) is 11.1 Å². The fraction of sp³-hybridized carbons (Fsp3) is 0.625. The standard InChI is InChI=1S/C16H18N4S/c17-7-13(8-18)15-20(14(19)9-21-15)16-4-10-1-11(5-16)3-12(2-10)6-16/h9-12H,1-6,19H2. The van der Waals surface area contributed by atoms with Gasteiger partial charge in [0.25, 0.3) is 0 Å². The largest absolute Gasteiger partial charge is 0.385 e. The number of allylic oxidation sites excluding steroid dienone is 1. The molecule has 4 fully saturated rings. The van der Waals surface area contributed by atoms with Gasteiger partial charge in [-0.1, -0.05) is 11.8 Å². The SMILES string of the molecule is N#CC(C#N)=C1SC=C(N)N1C12CC3CC(CC(C3)C1)C2. The van der Waals surface area contributed by atoms with E-state index >= 15 is 0 Å². The topological polar surface area (TPSA) is 76.8 Å². The Bertz CT molecular complexity index is 582. The van der Waals surface area contributed by atoms with Crippen molar-refractivity contribution in [2.75, 3.05) is 0 Å². The summed E-state index contributed by atoms with van der Waals surface area (Å²) in [6.45, 7) is 0. The highest BCUT2D eigenvalue weighted by molar-refractivity contribution is 8.06. The summed E-state index contributed by atoms with van der Waals surface area (Å²) in [6.07, 6.45) is 7.61. The van der Waals surface area contributed by atoms with Crippen LogP contribution >= 0.6 is 11.8 Å². The zero-order chi connectivity index (χ0) is 14.6. The fourth-order valence-corrected chi connectivity index (χ4v) is 6.41. The average molecular weight is 298 g/mol. The molecule has 4 bridgehead atoms. The number of nitrogens with zero attached hydrogens (tertiary/aromatic N) is 3. The second kappa shape index (κ2) is 4.45. The van der Waals surface area contributed by atoms with Crippen molar-refractivity contribution < 1.29 is 0 Å². The smallest absolute Gasteiger partial charge is 0.160 e. The number of nitriles is 2. The predicted octanol–water partition coefficient (Wildman–Crippen LogP) is 3.02. The van der Waals surface area contributed by atoms with Gasteiger partial charge in [0.1, 0.15) is 23.0 Å². The van der Waals surface area contributed by atoms with Gasteiger partial charge < -0.3 is 10.6 Å².